The second-order valence-corrected chi connectivity index (χ2v) is 4.67. The van der Waals surface area contributed by atoms with Gasteiger partial charge >= 0.3 is 0 Å². The Morgan fingerprint density at radius 3 is 2.90 bits per heavy atom. The molecule has 0 N–H and O–H groups in total. The molecule has 1 atom stereocenters. The number of ether oxygens (including phenoxy) is 2. The Kier molecular flexibility index (Phi) is 4.97. The molecular weight excluding hydrogens is 256 g/mol. The average molecular weight is 274 g/mol. The molecule has 0 aromatic heterocycles. The maximum Gasteiger partial charge on any atom is 0.240 e. The van der Waals surface area contributed by atoms with E-state index in [1.165, 1.54) is 0 Å². The molecule has 2 rings (SSSR count). The number of nitrogens with zero attached hydrogens (tertiary/aromatic N) is 2. The predicted octanol–water partition coefficient (Wildman–Crippen LogP) is 1.24. The Morgan fingerprint density at radius 1 is 1.50 bits per heavy atom. The second-order valence-electron chi connectivity index (χ2n) is 4.67. The topological polar surface area (TPSA) is 62.6 Å². The molecule has 20 heavy (non-hydrogen) atoms. The van der Waals surface area contributed by atoms with Crippen LogP contribution in [0.15, 0.2) is 24.3 Å². The molecule has 1 saturated heterocycles. The summed E-state index contributed by atoms with van der Waals surface area (Å²) in [5.41, 5.74) is 0.928. The lowest BCUT2D eigenvalue weighted by molar-refractivity contribution is -0.137. The zero-order valence-electron chi connectivity index (χ0n) is 11.5. The summed E-state index contributed by atoms with van der Waals surface area (Å²) in [5.74, 6) is -0.0307. The van der Waals surface area contributed by atoms with E-state index < -0.39 is 5.92 Å². The first-order chi connectivity index (χ1) is 9.74. The van der Waals surface area contributed by atoms with E-state index in [0.717, 1.165) is 11.3 Å². The highest BCUT2D eigenvalue weighted by atomic mass is 16.5. The molecule has 1 aromatic rings. The van der Waals surface area contributed by atoms with Gasteiger partial charge in [0.2, 0.25) is 5.91 Å². The molecule has 1 aliphatic rings. The number of hydrogen-bond acceptors (Lipinski definition) is 4. The molecule has 5 heteroatoms. The fourth-order valence-electron chi connectivity index (χ4n) is 2.23. The minimum atomic E-state index is -0.653. The van der Waals surface area contributed by atoms with Gasteiger partial charge in [0, 0.05) is 13.1 Å². The minimum absolute atomic E-state index is 0.112. The number of nitriles is 1. The van der Waals surface area contributed by atoms with Crippen molar-refractivity contribution < 1.29 is 14.3 Å². The third kappa shape index (κ3) is 3.49. The summed E-state index contributed by atoms with van der Waals surface area (Å²) in [7, 11) is 1.60. The van der Waals surface area contributed by atoms with Gasteiger partial charge in [-0.05, 0) is 24.1 Å². The van der Waals surface area contributed by atoms with Crippen LogP contribution >= 0.6 is 0 Å². The highest BCUT2D eigenvalue weighted by Gasteiger charge is 2.25. The number of carbonyl (C=O) groups excluding carboxylic acids is 1. The van der Waals surface area contributed by atoms with Crippen LogP contribution in [0.1, 0.15) is 5.56 Å². The highest BCUT2D eigenvalue weighted by Crippen LogP contribution is 2.17. The molecule has 1 aromatic carbocycles. The number of methoxy groups -OCH3 is 1. The van der Waals surface area contributed by atoms with Crippen LogP contribution in [0.3, 0.4) is 0 Å². The van der Waals surface area contributed by atoms with Crippen LogP contribution in [0.4, 0.5) is 0 Å². The van der Waals surface area contributed by atoms with E-state index >= 15 is 0 Å². The van der Waals surface area contributed by atoms with Crippen molar-refractivity contribution in [3.8, 4) is 11.8 Å². The first-order valence-corrected chi connectivity index (χ1v) is 6.63. The predicted molar refractivity (Wildman–Crippen MR) is 73.2 cm³/mol. The first kappa shape index (κ1) is 14.4. The largest absolute Gasteiger partial charge is 0.497 e. The summed E-state index contributed by atoms with van der Waals surface area (Å²) in [6, 6.07) is 9.58. The van der Waals surface area contributed by atoms with E-state index in [1.54, 1.807) is 12.0 Å². The number of carbonyl (C=O) groups is 1. The average Bonchev–Trinajstić information content (AvgIpc) is 2.53. The molecule has 1 heterocycles. The van der Waals surface area contributed by atoms with Crippen LogP contribution in [-0.4, -0.2) is 44.2 Å². The van der Waals surface area contributed by atoms with Crippen molar-refractivity contribution in [3.63, 3.8) is 0 Å². The van der Waals surface area contributed by atoms with E-state index in [4.69, 9.17) is 9.47 Å². The molecule has 106 valence electrons. The molecular formula is C15H18N2O3. The normalized spacial score (nSPS) is 16.3. The van der Waals surface area contributed by atoms with E-state index in [-0.39, 0.29) is 5.91 Å². The Labute approximate surface area is 118 Å². The highest BCUT2D eigenvalue weighted by molar-refractivity contribution is 5.81. The number of hydrogen-bond donors (Lipinski definition) is 0. The van der Waals surface area contributed by atoms with E-state index in [0.29, 0.717) is 32.7 Å². The standard InChI is InChI=1S/C15H18N2O3/c1-19-14-4-2-3-12(10-14)9-13(11-16)15(18)17-5-7-20-8-6-17/h2-4,10,13H,5-9H2,1H3. The lowest BCUT2D eigenvalue weighted by atomic mass is 9.99. The lowest BCUT2D eigenvalue weighted by Gasteiger charge is -2.28. The van der Waals surface area contributed by atoms with E-state index in [1.807, 2.05) is 24.3 Å². The number of amides is 1. The van der Waals surface area contributed by atoms with Crippen LogP contribution in [0.25, 0.3) is 0 Å². The summed E-state index contributed by atoms with van der Waals surface area (Å²) < 4.78 is 10.4. The number of rotatable bonds is 4. The van der Waals surface area contributed by atoms with Gasteiger partial charge in [-0.25, -0.2) is 0 Å². The summed E-state index contributed by atoms with van der Waals surface area (Å²) in [6.45, 7) is 2.22. The molecule has 0 saturated carbocycles. The van der Waals surface area contributed by atoms with Crippen LogP contribution in [0.5, 0.6) is 5.75 Å². The van der Waals surface area contributed by atoms with Crippen LogP contribution in [-0.2, 0) is 16.0 Å². The van der Waals surface area contributed by atoms with Crippen LogP contribution < -0.4 is 4.74 Å². The van der Waals surface area contributed by atoms with E-state index in [2.05, 4.69) is 6.07 Å². The van der Waals surface area contributed by atoms with Crippen molar-refractivity contribution in [3.05, 3.63) is 29.8 Å². The maximum absolute atomic E-state index is 12.3. The lowest BCUT2D eigenvalue weighted by Crippen LogP contribution is -2.43. The molecule has 1 unspecified atom stereocenters. The minimum Gasteiger partial charge on any atom is -0.497 e. The van der Waals surface area contributed by atoms with Gasteiger partial charge in [-0.15, -0.1) is 0 Å². The summed E-state index contributed by atoms with van der Waals surface area (Å²) in [6.07, 6.45) is 0.407. The van der Waals surface area contributed by atoms with Gasteiger partial charge in [0.15, 0.2) is 0 Å². The Hall–Kier alpha value is -2.06. The third-order valence-corrected chi connectivity index (χ3v) is 3.35. The summed E-state index contributed by atoms with van der Waals surface area (Å²) >= 11 is 0. The number of morpholine rings is 1. The van der Waals surface area contributed by atoms with Gasteiger partial charge in [0.1, 0.15) is 11.7 Å². The summed E-state index contributed by atoms with van der Waals surface area (Å²) in [4.78, 5) is 14.0. The molecule has 0 radical (unpaired) electrons. The molecule has 1 fully saturated rings. The van der Waals surface area contributed by atoms with Crippen molar-refractivity contribution in [2.45, 2.75) is 6.42 Å². The Balaban J connectivity index is 2.04. The van der Waals surface area contributed by atoms with Crippen molar-refractivity contribution in [1.29, 1.82) is 5.26 Å². The fraction of sp³-hybridized carbons (Fsp3) is 0.467. The van der Waals surface area contributed by atoms with Gasteiger partial charge in [-0.1, -0.05) is 12.1 Å². The van der Waals surface area contributed by atoms with Crippen LogP contribution in [0.2, 0.25) is 0 Å². The monoisotopic (exact) mass is 274 g/mol. The van der Waals surface area contributed by atoms with E-state index in [9.17, 15) is 10.1 Å². The molecule has 0 aliphatic carbocycles. The van der Waals surface area contributed by atoms with Crippen molar-refractivity contribution >= 4 is 5.91 Å². The first-order valence-electron chi connectivity index (χ1n) is 6.63. The van der Waals surface area contributed by atoms with Gasteiger partial charge in [0.25, 0.3) is 0 Å². The fourth-order valence-corrected chi connectivity index (χ4v) is 2.23. The molecule has 0 spiro atoms. The maximum atomic E-state index is 12.3. The van der Waals surface area contributed by atoms with Crippen molar-refractivity contribution in [1.82, 2.24) is 4.90 Å². The van der Waals surface area contributed by atoms with Crippen molar-refractivity contribution in [2.24, 2.45) is 5.92 Å². The zero-order valence-corrected chi connectivity index (χ0v) is 11.5. The zero-order chi connectivity index (χ0) is 14.4. The molecule has 1 amide bonds. The second kappa shape index (κ2) is 6.92. The number of benzene rings is 1. The van der Waals surface area contributed by atoms with Gasteiger partial charge in [0.05, 0.1) is 26.4 Å². The smallest absolute Gasteiger partial charge is 0.240 e. The summed E-state index contributed by atoms with van der Waals surface area (Å²) in [5, 5.41) is 9.25. The molecule has 5 nitrogen and oxygen atoms in total. The molecule has 1 aliphatic heterocycles. The SMILES string of the molecule is COc1cccc(CC(C#N)C(=O)N2CCOCC2)c1. The third-order valence-electron chi connectivity index (χ3n) is 3.35. The molecule has 0 bridgehead atoms. The van der Waals surface area contributed by atoms with Crippen LogP contribution in [0, 0.1) is 17.2 Å². The quantitative estimate of drug-likeness (QED) is 0.828. The van der Waals surface area contributed by atoms with Crippen molar-refractivity contribution in [2.75, 3.05) is 33.4 Å². The van der Waals surface area contributed by atoms with Gasteiger partial charge in [-0.2, -0.15) is 5.26 Å². The Morgan fingerprint density at radius 2 is 2.25 bits per heavy atom. The Bertz CT molecular complexity index is 504. The van der Waals surface area contributed by atoms with Gasteiger partial charge in [-0.3, -0.25) is 4.79 Å². The van der Waals surface area contributed by atoms with Gasteiger partial charge < -0.3 is 14.4 Å².